The quantitative estimate of drug-likeness (QED) is 0.796. The lowest BCUT2D eigenvalue weighted by Crippen LogP contribution is -2.28. The fraction of sp³-hybridized carbons (Fsp3) is 0.263. The number of hydrogen-bond donors (Lipinski definition) is 1. The predicted octanol–water partition coefficient (Wildman–Crippen LogP) is 1.94. The minimum absolute atomic E-state index is 0.224. The summed E-state index contributed by atoms with van der Waals surface area (Å²) in [5.74, 6) is 0.219. The van der Waals surface area contributed by atoms with E-state index in [9.17, 15) is 9.59 Å². The zero-order valence-corrected chi connectivity index (χ0v) is 14.3. The van der Waals surface area contributed by atoms with Gasteiger partial charge >= 0.3 is 5.97 Å². The summed E-state index contributed by atoms with van der Waals surface area (Å²) in [7, 11) is 1.47. The molecule has 0 aromatic heterocycles. The summed E-state index contributed by atoms with van der Waals surface area (Å²) < 4.78 is 21.3. The highest BCUT2D eigenvalue weighted by atomic mass is 16.6. The second-order valence-electron chi connectivity index (χ2n) is 5.54. The van der Waals surface area contributed by atoms with Crippen molar-refractivity contribution >= 4 is 11.9 Å². The van der Waals surface area contributed by atoms with Gasteiger partial charge in [0.1, 0.15) is 13.2 Å². The van der Waals surface area contributed by atoms with Crippen LogP contribution in [0.4, 0.5) is 0 Å². The maximum Gasteiger partial charge on any atom is 0.338 e. The van der Waals surface area contributed by atoms with Crippen molar-refractivity contribution < 1.29 is 28.5 Å². The molecule has 1 aliphatic heterocycles. The van der Waals surface area contributed by atoms with Crippen LogP contribution in [-0.2, 0) is 16.1 Å². The van der Waals surface area contributed by atoms with Crippen LogP contribution in [0.15, 0.2) is 42.5 Å². The second-order valence-corrected chi connectivity index (χ2v) is 5.54. The Morgan fingerprint density at radius 3 is 2.65 bits per heavy atom. The number of nitrogens with one attached hydrogen (secondary N) is 1. The van der Waals surface area contributed by atoms with E-state index in [4.69, 9.17) is 18.9 Å². The third-order valence-corrected chi connectivity index (χ3v) is 3.73. The average Bonchev–Trinajstić information content (AvgIpc) is 2.70. The monoisotopic (exact) mass is 357 g/mol. The maximum atomic E-state index is 12.2. The van der Waals surface area contributed by atoms with E-state index < -0.39 is 5.97 Å². The highest BCUT2D eigenvalue weighted by Gasteiger charge is 2.21. The van der Waals surface area contributed by atoms with E-state index in [1.54, 1.807) is 0 Å². The first kappa shape index (κ1) is 17.6. The Labute approximate surface area is 150 Å². The maximum absolute atomic E-state index is 12.2. The topological polar surface area (TPSA) is 83.1 Å². The van der Waals surface area contributed by atoms with Gasteiger partial charge in [0, 0.05) is 6.54 Å². The smallest absolute Gasteiger partial charge is 0.338 e. The second kappa shape index (κ2) is 8.24. The lowest BCUT2D eigenvalue weighted by atomic mass is 10.1. The zero-order chi connectivity index (χ0) is 18.4. The van der Waals surface area contributed by atoms with Gasteiger partial charge in [-0.1, -0.05) is 30.3 Å². The Morgan fingerprint density at radius 2 is 1.88 bits per heavy atom. The van der Waals surface area contributed by atoms with Crippen LogP contribution in [0.25, 0.3) is 0 Å². The molecule has 2 aromatic rings. The van der Waals surface area contributed by atoms with Crippen LogP contribution in [0.1, 0.15) is 15.9 Å². The molecule has 2 aromatic carbocycles. The number of ether oxygens (including phenoxy) is 4. The van der Waals surface area contributed by atoms with Gasteiger partial charge in [0.25, 0.3) is 5.91 Å². The number of carbonyl (C=O) groups excluding carboxylic acids is 2. The molecule has 0 spiro atoms. The van der Waals surface area contributed by atoms with Gasteiger partial charge in [-0.05, 0) is 17.7 Å². The SMILES string of the molecule is COc1cc(C(=O)OCC(=O)NCc2ccccc2)cc2c1OCCO2. The summed E-state index contributed by atoms with van der Waals surface area (Å²) in [5.41, 5.74) is 1.19. The number of methoxy groups -OCH3 is 1. The number of esters is 1. The number of hydrogen-bond acceptors (Lipinski definition) is 6. The number of amides is 1. The van der Waals surface area contributed by atoms with Gasteiger partial charge in [0.05, 0.1) is 12.7 Å². The van der Waals surface area contributed by atoms with E-state index in [2.05, 4.69) is 5.32 Å². The zero-order valence-electron chi connectivity index (χ0n) is 14.3. The third kappa shape index (κ3) is 4.24. The molecule has 7 nitrogen and oxygen atoms in total. The minimum Gasteiger partial charge on any atom is -0.493 e. The van der Waals surface area contributed by atoms with Crippen LogP contribution in [0, 0.1) is 0 Å². The molecule has 3 rings (SSSR count). The number of carbonyl (C=O) groups is 2. The van der Waals surface area contributed by atoms with E-state index >= 15 is 0 Å². The fourth-order valence-electron chi connectivity index (χ4n) is 2.45. The lowest BCUT2D eigenvalue weighted by molar-refractivity contribution is -0.124. The Hall–Kier alpha value is -3.22. The predicted molar refractivity (Wildman–Crippen MR) is 92.6 cm³/mol. The first-order valence-electron chi connectivity index (χ1n) is 8.13. The molecule has 1 aliphatic rings. The highest BCUT2D eigenvalue weighted by molar-refractivity contribution is 5.92. The molecule has 26 heavy (non-hydrogen) atoms. The van der Waals surface area contributed by atoms with Crippen molar-refractivity contribution in [3.05, 3.63) is 53.6 Å². The van der Waals surface area contributed by atoms with Crippen LogP contribution in [0.5, 0.6) is 17.2 Å². The van der Waals surface area contributed by atoms with Gasteiger partial charge in [0.15, 0.2) is 18.1 Å². The summed E-state index contributed by atoms with van der Waals surface area (Å²) in [4.78, 5) is 24.1. The highest BCUT2D eigenvalue weighted by Crippen LogP contribution is 2.40. The number of fused-ring (bicyclic) bond motifs is 1. The van der Waals surface area contributed by atoms with Crippen LogP contribution >= 0.6 is 0 Å². The standard InChI is InChI=1S/C19H19NO6/c1-23-15-9-14(10-16-18(15)25-8-7-24-16)19(22)26-12-17(21)20-11-13-5-3-2-4-6-13/h2-6,9-10H,7-8,11-12H2,1H3,(H,20,21). The molecule has 0 radical (unpaired) electrons. The Kier molecular flexibility index (Phi) is 5.58. The first-order valence-corrected chi connectivity index (χ1v) is 8.13. The van der Waals surface area contributed by atoms with Crippen molar-refractivity contribution in [1.82, 2.24) is 5.32 Å². The molecule has 0 aliphatic carbocycles. The Bertz CT molecular complexity index is 773. The van der Waals surface area contributed by atoms with Crippen LogP contribution < -0.4 is 19.5 Å². The molecule has 0 unspecified atom stereocenters. The first-order chi connectivity index (χ1) is 12.7. The summed E-state index contributed by atoms with van der Waals surface area (Å²) in [6, 6.07) is 12.5. The van der Waals surface area contributed by atoms with E-state index in [1.165, 1.54) is 19.2 Å². The van der Waals surface area contributed by atoms with E-state index in [0.29, 0.717) is 37.0 Å². The van der Waals surface area contributed by atoms with Gasteiger partial charge in [0.2, 0.25) is 5.75 Å². The van der Waals surface area contributed by atoms with Gasteiger partial charge in [-0.25, -0.2) is 4.79 Å². The average molecular weight is 357 g/mol. The molecule has 1 amide bonds. The molecule has 0 saturated heterocycles. The van der Waals surface area contributed by atoms with E-state index in [1.807, 2.05) is 30.3 Å². The van der Waals surface area contributed by atoms with Crippen molar-refractivity contribution in [3.63, 3.8) is 0 Å². The normalized spacial score (nSPS) is 12.2. The number of rotatable bonds is 6. The molecule has 0 fully saturated rings. The largest absolute Gasteiger partial charge is 0.493 e. The summed E-state index contributed by atoms with van der Waals surface area (Å²) >= 11 is 0. The summed E-state index contributed by atoms with van der Waals surface area (Å²) in [5, 5.41) is 2.69. The van der Waals surface area contributed by atoms with Crippen LogP contribution in [0.3, 0.4) is 0 Å². The molecule has 7 heteroatoms. The van der Waals surface area contributed by atoms with E-state index in [0.717, 1.165) is 5.56 Å². The van der Waals surface area contributed by atoms with E-state index in [-0.39, 0.29) is 18.1 Å². The summed E-state index contributed by atoms with van der Waals surface area (Å²) in [6.07, 6.45) is 0. The van der Waals surface area contributed by atoms with Gasteiger partial charge < -0.3 is 24.3 Å². The van der Waals surface area contributed by atoms with Gasteiger partial charge in [-0.15, -0.1) is 0 Å². The lowest BCUT2D eigenvalue weighted by Gasteiger charge is -2.21. The molecule has 1 N–H and O–H groups in total. The molecular weight excluding hydrogens is 338 g/mol. The molecule has 136 valence electrons. The molecule has 0 bridgehead atoms. The molecule has 0 saturated carbocycles. The van der Waals surface area contributed by atoms with Crippen molar-refractivity contribution in [2.75, 3.05) is 26.9 Å². The molecule has 1 heterocycles. The Balaban J connectivity index is 1.57. The molecular formula is C19H19NO6. The fourth-order valence-corrected chi connectivity index (χ4v) is 2.45. The van der Waals surface area contributed by atoms with Gasteiger partial charge in [-0.3, -0.25) is 4.79 Å². The van der Waals surface area contributed by atoms with Crippen molar-refractivity contribution in [2.24, 2.45) is 0 Å². The van der Waals surface area contributed by atoms with Crippen molar-refractivity contribution in [3.8, 4) is 17.2 Å². The minimum atomic E-state index is -0.643. The van der Waals surface area contributed by atoms with Crippen LogP contribution in [0.2, 0.25) is 0 Å². The van der Waals surface area contributed by atoms with Gasteiger partial charge in [-0.2, -0.15) is 0 Å². The van der Waals surface area contributed by atoms with Crippen molar-refractivity contribution in [2.45, 2.75) is 6.54 Å². The third-order valence-electron chi connectivity index (χ3n) is 3.73. The number of benzene rings is 2. The van der Waals surface area contributed by atoms with Crippen molar-refractivity contribution in [1.29, 1.82) is 0 Å². The summed E-state index contributed by atoms with van der Waals surface area (Å²) in [6.45, 7) is 0.794. The Morgan fingerprint density at radius 1 is 1.12 bits per heavy atom. The van der Waals surface area contributed by atoms with Crippen LogP contribution in [-0.4, -0.2) is 38.8 Å². The molecule has 0 atom stereocenters.